The molecule has 1 aromatic carbocycles. The normalized spacial score (nSPS) is 12.5. The summed E-state index contributed by atoms with van der Waals surface area (Å²) >= 11 is 1.14. The van der Waals surface area contributed by atoms with Crippen molar-refractivity contribution in [2.45, 2.75) is 19.2 Å². The van der Waals surface area contributed by atoms with Gasteiger partial charge in [0.15, 0.2) is 5.13 Å². The second-order valence-electron chi connectivity index (χ2n) is 5.16. The van der Waals surface area contributed by atoms with Crippen molar-refractivity contribution in [1.29, 1.82) is 0 Å². The van der Waals surface area contributed by atoms with Gasteiger partial charge in [0.2, 0.25) is 0 Å². The first-order valence-corrected chi connectivity index (χ1v) is 8.28. The Hall–Kier alpha value is -2.33. The standard InChI is InChI=1S/C16H17F3N2O4S/c1-9(25-8-16(17,18)19)14(22)21-15-20-12(7-26-15)11-5-4-10(23-2)6-13(11)24-3/h4-7,9H,8H2,1-3H3,(H,20,21,22)/t9-/m1/s1. The lowest BCUT2D eigenvalue weighted by Crippen LogP contribution is -2.31. The molecule has 26 heavy (non-hydrogen) atoms. The molecule has 0 saturated carbocycles. The van der Waals surface area contributed by atoms with Gasteiger partial charge in [0.05, 0.1) is 19.9 Å². The van der Waals surface area contributed by atoms with Crippen LogP contribution in [0.3, 0.4) is 0 Å². The van der Waals surface area contributed by atoms with E-state index < -0.39 is 24.8 Å². The molecule has 0 unspecified atom stereocenters. The Labute approximate surface area is 151 Å². The zero-order chi connectivity index (χ0) is 19.3. The van der Waals surface area contributed by atoms with Crippen LogP contribution in [0.4, 0.5) is 18.3 Å². The molecule has 0 aliphatic carbocycles. The van der Waals surface area contributed by atoms with Crippen LogP contribution < -0.4 is 14.8 Å². The summed E-state index contributed by atoms with van der Waals surface area (Å²) in [5, 5.41) is 4.38. The molecule has 1 N–H and O–H groups in total. The number of ether oxygens (including phenoxy) is 3. The van der Waals surface area contributed by atoms with E-state index in [4.69, 9.17) is 9.47 Å². The number of halogens is 3. The van der Waals surface area contributed by atoms with Gasteiger partial charge >= 0.3 is 6.18 Å². The third kappa shape index (κ3) is 5.33. The van der Waals surface area contributed by atoms with Gasteiger partial charge in [-0.05, 0) is 19.1 Å². The number of nitrogens with one attached hydrogen (secondary N) is 1. The molecule has 2 rings (SSSR count). The number of hydrogen-bond acceptors (Lipinski definition) is 6. The van der Waals surface area contributed by atoms with E-state index in [1.54, 1.807) is 23.6 Å². The van der Waals surface area contributed by atoms with E-state index >= 15 is 0 Å². The number of anilines is 1. The Morgan fingerprint density at radius 2 is 2.04 bits per heavy atom. The molecule has 142 valence electrons. The van der Waals surface area contributed by atoms with Crippen LogP contribution >= 0.6 is 11.3 Å². The summed E-state index contributed by atoms with van der Waals surface area (Å²) in [6.45, 7) is -0.254. The lowest BCUT2D eigenvalue weighted by Gasteiger charge is -2.13. The Kier molecular flexibility index (Phi) is 6.43. The molecule has 2 aromatic rings. The highest BCUT2D eigenvalue weighted by molar-refractivity contribution is 7.14. The van der Waals surface area contributed by atoms with Gasteiger partial charge in [-0.25, -0.2) is 4.98 Å². The molecule has 10 heteroatoms. The van der Waals surface area contributed by atoms with E-state index in [2.05, 4.69) is 15.0 Å². The van der Waals surface area contributed by atoms with Crippen molar-refractivity contribution in [3.63, 3.8) is 0 Å². The van der Waals surface area contributed by atoms with Gasteiger partial charge in [-0.3, -0.25) is 10.1 Å². The maximum absolute atomic E-state index is 12.1. The molecule has 0 aliphatic heterocycles. The molecule has 0 fully saturated rings. The topological polar surface area (TPSA) is 69.7 Å². The van der Waals surface area contributed by atoms with Gasteiger partial charge in [-0.1, -0.05) is 0 Å². The fourth-order valence-electron chi connectivity index (χ4n) is 1.97. The predicted molar refractivity (Wildman–Crippen MR) is 90.8 cm³/mol. The molecule has 1 amide bonds. The predicted octanol–water partition coefficient (Wildman–Crippen LogP) is 3.73. The molecule has 0 radical (unpaired) electrons. The number of amides is 1. The van der Waals surface area contributed by atoms with Crippen molar-refractivity contribution in [3.05, 3.63) is 23.6 Å². The van der Waals surface area contributed by atoms with Crippen molar-refractivity contribution in [2.75, 3.05) is 26.1 Å². The van der Waals surface area contributed by atoms with Crippen molar-refractivity contribution in [1.82, 2.24) is 4.98 Å². The minimum atomic E-state index is -4.49. The quantitative estimate of drug-likeness (QED) is 0.780. The van der Waals surface area contributed by atoms with E-state index in [-0.39, 0.29) is 5.13 Å². The zero-order valence-corrected chi connectivity index (χ0v) is 15.0. The molecule has 0 saturated heterocycles. The number of aromatic nitrogens is 1. The molecular formula is C16H17F3N2O4S. The number of rotatable bonds is 7. The Morgan fingerprint density at radius 3 is 2.65 bits per heavy atom. The number of carbonyl (C=O) groups excluding carboxylic acids is 1. The maximum Gasteiger partial charge on any atom is 0.411 e. The summed E-state index contributed by atoms with van der Waals surface area (Å²) in [7, 11) is 3.04. The van der Waals surface area contributed by atoms with Gasteiger partial charge in [-0.2, -0.15) is 13.2 Å². The number of alkyl halides is 3. The van der Waals surface area contributed by atoms with E-state index in [1.807, 2.05) is 0 Å². The summed E-state index contributed by atoms with van der Waals surface area (Å²) in [5.74, 6) is 0.441. The fourth-order valence-corrected chi connectivity index (χ4v) is 2.68. The molecule has 0 aliphatic rings. The van der Waals surface area contributed by atoms with Gasteiger partial charge < -0.3 is 14.2 Å². The lowest BCUT2D eigenvalue weighted by molar-refractivity contribution is -0.184. The van der Waals surface area contributed by atoms with Crippen LogP contribution in [0.15, 0.2) is 23.6 Å². The van der Waals surface area contributed by atoms with E-state index in [0.717, 1.165) is 11.3 Å². The molecular weight excluding hydrogens is 373 g/mol. The first kappa shape index (κ1) is 20.0. The van der Waals surface area contributed by atoms with Crippen molar-refractivity contribution in [3.8, 4) is 22.8 Å². The average molecular weight is 390 g/mol. The van der Waals surface area contributed by atoms with Gasteiger partial charge in [0.1, 0.15) is 24.2 Å². The second kappa shape index (κ2) is 8.37. The number of thiazole rings is 1. The van der Waals surface area contributed by atoms with Crippen LogP contribution in [0.1, 0.15) is 6.92 Å². The molecule has 1 atom stereocenters. The largest absolute Gasteiger partial charge is 0.497 e. The summed E-state index contributed by atoms with van der Waals surface area (Å²) in [6, 6.07) is 5.19. The maximum atomic E-state index is 12.1. The minimum absolute atomic E-state index is 0.241. The van der Waals surface area contributed by atoms with E-state index in [9.17, 15) is 18.0 Å². The van der Waals surface area contributed by atoms with Gasteiger partial charge in [0, 0.05) is 17.0 Å². The van der Waals surface area contributed by atoms with Crippen molar-refractivity contribution >= 4 is 22.4 Å². The van der Waals surface area contributed by atoms with Crippen LogP contribution in [0.25, 0.3) is 11.3 Å². The monoisotopic (exact) mass is 390 g/mol. The highest BCUT2D eigenvalue weighted by Crippen LogP contribution is 2.34. The number of nitrogens with zero attached hydrogens (tertiary/aromatic N) is 1. The number of carbonyl (C=O) groups is 1. The summed E-state index contributed by atoms with van der Waals surface area (Å²) < 4.78 is 51.3. The molecule has 1 aromatic heterocycles. The molecule has 1 heterocycles. The van der Waals surface area contributed by atoms with Crippen LogP contribution in [-0.2, 0) is 9.53 Å². The molecule has 0 spiro atoms. The van der Waals surface area contributed by atoms with Crippen LogP contribution in [0.2, 0.25) is 0 Å². The van der Waals surface area contributed by atoms with Gasteiger partial charge in [-0.15, -0.1) is 11.3 Å². The summed E-state index contributed by atoms with van der Waals surface area (Å²) in [5.41, 5.74) is 1.24. The third-order valence-corrected chi connectivity index (χ3v) is 4.04. The average Bonchev–Trinajstić information content (AvgIpc) is 3.06. The Morgan fingerprint density at radius 1 is 1.31 bits per heavy atom. The SMILES string of the molecule is COc1ccc(-c2csc(NC(=O)[C@@H](C)OCC(F)(F)F)n2)c(OC)c1. The minimum Gasteiger partial charge on any atom is -0.497 e. The highest BCUT2D eigenvalue weighted by atomic mass is 32.1. The number of hydrogen-bond donors (Lipinski definition) is 1. The van der Waals surface area contributed by atoms with Crippen LogP contribution in [-0.4, -0.2) is 44.0 Å². The second-order valence-corrected chi connectivity index (χ2v) is 6.02. The first-order valence-electron chi connectivity index (χ1n) is 7.40. The Bertz CT molecular complexity index is 764. The van der Waals surface area contributed by atoms with Crippen LogP contribution in [0.5, 0.6) is 11.5 Å². The fraction of sp³-hybridized carbons (Fsp3) is 0.375. The number of methoxy groups -OCH3 is 2. The Balaban J connectivity index is 2.07. The van der Waals surface area contributed by atoms with Crippen LogP contribution in [0, 0.1) is 0 Å². The van der Waals surface area contributed by atoms with E-state index in [0.29, 0.717) is 22.8 Å². The molecule has 6 nitrogen and oxygen atoms in total. The lowest BCUT2D eigenvalue weighted by atomic mass is 10.1. The summed E-state index contributed by atoms with van der Waals surface area (Å²) in [6.07, 6.45) is -5.76. The summed E-state index contributed by atoms with van der Waals surface area (Å²) in [4.78, 5) is 16.2. The van der Waals surface area contributed by atoms with Crippen molar-refractivity contribution < 1.29 is 32.2 Å². The number of benzene rings is 1. The molecule has 0 bridgehead atoms. The smallest absolute Gasteiger partial charge is 0.411 e. The first-order chi connectivity index (χ1) is 12.2. The zero-order valence-electron chi connectivity index (χ0n) is 14.2. The van der Waals surface area contributed by atoms with E-state index in [1.165, 1.54) is 21.1 Å². The van der Waals surface area contributed by atoms with Gasteiger partial charge in [0.25, 0.3) is 5.91 Å². The van der Waals surface area contributed by atoms with Crippen molar-refractivity contribution in [2.24, 2.45) is 0 Å². The third-order valence-electron chi connectivity index (χ3n) is 3.29. The highest BCUT2D eigenvalue weighted by Gasteiger charge is 2.30.